The summed E-state index contributed by atoms with van der Waals surface area (Å²) in [5.41, 5.74) is 4.35. The maximum absolute atomic E-state index is 12.8. The number of ether oxygens (including phenoxy) is 1. The van der Waals surface area contributed by atoms with Gasteiger partial charge >= 0.3 is 12.3 Å². The first-order chi connectivity index (χ1) is 17.3. The molecule has 0 atom stereocenters. The maximum atomic E-state index is 12.8. The Labute approximate surface area is 223 Å². The maximum Gasteiger partial charge on any atom is 0.573 e. The highest BCUT2D eigenvalue weighted by molar-refractivity contribution is 6.37. The van der Waals surface area contributed by atoms with Gasteiger partial charge in [-0.1, -0.05) is 29.8 Å². The Balaban J connectivity index is 1.62. The normalized spacial score (nSPS) is 14.8. The Bertz CT molecular complexity index is 1360. The van der Waals surface area contributed by atoms with Crippen LogP contribution in [0.25, 0.3) is 16.6 Å². The zero-order chi connectivity index (χ0) is 27.1. The number of halogens is 5. The molecule has 37 heavy (non-hydrogen) atoms. The Morgan fingerprint density at radius 3 is 2.46 bits per heavy atom. The molecule has 1 aliphatic heterocycles. The van der Waals surface area contributed by atoms with E-state index in [9.17, 15) is 18.0 Å². The number of hydrogen-bond donors (Lipinski definition) is 1. The quantitative estimate of drug-likeness (QED) is 0.325. The van der Waals surface area contributed by atoms with Crippen molar-refractivity contribution in [3.8, 4) is 5.75 Å². The fourth-order valence-electron chi connectivity index (χ4n) is 5.07. The summed E-state index contributed by atoms with van der Waals surface area (Å²) < 4.78 is 44.4. The van der Waals surface area contributed by atoms with Gasteiger partial charge in [-0.2, -0.15) is 0 Å². The number of benzene rings is 2. The molecule has 0 amide bonds. The third-order valence-electron chi connectivity index (χ3n) is 6.85. The van der Waals surface area contributed by atoms with Gasteiger partial charge in [0.1, 0.15) is 5.75 Å². The lowest BCUT2D eigenvalue weighted by Gasteiger charge is -2.35. The van der Waals surface area contributed by atoms with Gasteiger partial charge in [-0.3, -0.25) is 4.79 Å². The molecule has 0 spiro atoms. The van der Waals surface area contributed by atoms with Gasteiger partial charge in [0.25, 0.3) is 0 Å². The van der Waals surface area contributed by atoms with Crippen molar-refractivity contribution in [2.24, 2.45) is 5.92 Å². The lowest BCUT2D eigenvalue weighted by atomic mass is 9.93. The summed E-state index contributed by atoms with van der Waals surface area (Å²) in [5, 5.41) is 10.6. The van der Waals surface area contributed by atoms with Crippen LogP contribution in [0.15, 0.2) is 37.0 Å². The molecule has 0 unspecified atom stereocenters. The number of carboxylic acid groups (broad SMARTS) is 1. The number of carboxylic acids is 1. The molecule has 1 saturated heterocycles. The number of carbonyl (C=O) groups is 1. The van der Waals surface area contributed by atoms with Crippen LogP contribution in [0.1, 0.15) is 41.5 Å². The van der Waals surface area contributed by atoms with E-state index < -0.39 is 12.3 Å². The van der Waals surface area contributed by atoms with Crippen LogP contribution in [0.2, 0.25) is 10.0 Å². The average molecular weight is 555 g/mol. The standard InChI is InChI=1S/C27H27Cl2F3N2O3/c1-15-10-19(37-27(30,31)32)12-21-16(2)13-34(26(15)21)14-22-23(28)5-4-20(25(22)29)17(3)33-8-6-18(7-9-33)11-24(35)36/h4-5,10,12-13,18H,3,6-9,11,14H2,1-2H3,(H,35,36). The number of aromatic nitrogens is 1. The van der Waals surface area contributed by atoms with E-state index in [4.69, 9.17) is 28.3 Å². The number of aryl methyl sites for hydroxylation is 2. The van der Waals surface area contributed by atoms with Gasteiger partial charge in [0.05, 0.1) is 17.1 Å². The number of likely N-dealkylation sites (tertiary alicyclic amines) is 1. The van der Waals surface area contributed by atoms with E-state index in [1.165, 1.54) is 12.1 Å². The van der Waals surface area contributed by atoms with Crippen molar-refractivity contribution in [1.82, 2.24) is 9.47 Å². The lowest BCUT2D eigenvalue weighted by Crippen LogP contribution is -2.33. The van der Waals surface area contributed by atoms with E-state index in [-0.39, 0.29) is 18.1 Å². The highest BCUT2D eigenvalue weighted by atomic mass is 35.5. The van der Waals surface area contributed by atoms with Crippen LogP contribution in [0.4, 0.5) is 13.2 Å². The zero-order valence-electron chi connectivity index (χ0n) is 20.5. The summed E-state index contributed by atoms with van der Waals surface area (Å²) in [4.78, 5) is 13.1. The van der Waals surface area contributed by atoms with Crippen molar-refractivity contribution >= 4 is 45.8 Å². The molecule has 0 radical (unpaired) electrons. The number of fused-ring (bicyclic) bond motifs is 1. The Morgan fingerprint density at radius 1 is 1.16 bits per heavy atom. The van der Waals surface area contributed by atoms with Crippen LogP contribution in [-0.2, 0) is 11.3 Å². The number of aliphatic carboxylic acids is 1. The fourth-order valence-corrected chi connectivity index (χ4v) is 5.67. The van der Waals surface area contributed by atoms with E-state index >= 15 is 0 Å². The lowest BCUT2D eigenvalue weighted by molar-refractivity contribution is -0.274. The minimum Gasteiger partial charge on any atom is -0.481 e. The van der Waals surface area contributed by atoms with Crippen molar-refractivity contribution in [3.63, 3.8) is 0 Å². The van der Waals surface area contributed by atoms with Gasteiger partial charge in [0.15, 0.2) is 0 Å². The summed E-state index contributed by atoms with van der Waals surface area (Å²) in [7, 11) is 0. The van der Waals surface area contributed by atoms with Crippen molar-refractivity contribution < 1.29 is 27.8 Å². The molecule has 2 heterocycles. The molecule has 0 saturated carbocycles. The average Bonchev–Trinajstić information content (AvgIpc) is 3.10. The van der Waals surface area contributed by atoms with E-state index in [0.29, 0.717) is 46.2 Å². The van der Waals surface area contributed by atoms with Gasteiger partial charge in [-0.25, -0.2) is 0 Å². The summed E-state index contributed by atoms with van der Waals surface area (Å²) in [6, 6.07) is 6.34. The first-order valence-corrected chi connectivity index (χ1v) is 12.6. The number of hydrogen-bond acceptors (Lipinski definition) is 3. The minimum absolute atomic E-state index is 0.147. The molecular weight excluding hydrogens is 528 g/mol. The molecule has 198 valence electrons. The molecule has 1 fully saturated rings. The predicted molar refractivity (Wildman–Crippen MR) is 139 cm³/mol. The van der Waals surface area contributed by atoms with E-state index in [2.05, 4.69) is 16.2 Å². The Morgan fingerprint density at radius 2 is 1.84 bits per heavy atom. The van der Waals surface area contributed by atoms with Crippen molar-refractivity contribution in [2.45, 2.75) is 46.0 Å². The first kappa shape index (κ1) is 27.2. The molecule has 1 N–H and O–H groups in total. The summed E-state index contributed by atoms with van der Waals surface area (Å²) in [6.07, 6.45) is -1.23. The number of alkyl halides is 3. The van der Waals surface area contributed by atoms with E-state index in [1.807, 2.05) is 23.8 Å². The van der Waals surface area contributed by atoms with E-state index in [1.54, 1.807) is 13.0 Å². The first-order valence-electron chi connectivity index (χ1n) is 11.8. The van der Waals surface area contributed by atoms with Gasteiger partial charge < -0.3 is 19.3 Å². The van der Waals surface area contributed by atoms with Crippen LogP contribution in [0.5, 0.6) is 5.75 Å². The van der Waals surface area contributed by atoms with Crippen LogP contribution in [0, 0.1) is 19.8 Å². The second-order valence-electron chi connectivity index (χ2n) is 9.49. The number of nitrogens with zero attached hydrogens (tertiary/aromatic N) is 2. The second kappa shape index (κ2) is 10.5. The van der Waals surface area contributed by atoms with Gasteiger partial charge in [0.2, 0.25) is 0 Å². The molecular formula is C27H27Cl2F3N2O3. The van der Waals surface area contributed by atoms with Gasteiger partial charge in [-0.05, 0) is 68.0 Å². The summed E-state index contributed by atoms with van der Waals surface area (Å²) >= 11 is 13.4. The fraction of sp³-hybridized carbons (Fsp3) is 0.370. The second-order valence-corrected chi connectivity index (χ2v) is 10.3. The van der Waals surface area contributed by atoms with Crippen molar-refractivity contribution in [3.05, 3.63) is 69.3 Å². The predicted octanol–water partition coefficient (Wildman–Crippen LogP) is 7.67. The Kier molecular flexibility index (Phi) is 7.72. The van der Waals surface area contributed by atoms with Crippen LogP contribution >= 0.6 is 23.2 Å². The summed E-state index contributed by atoms with van der Waals surface area (Å²) in [5.74, 6) is -0.900. The highest BCUT2D eigenvalue weighted by Gasteiger charge is 2.31. The molecule has 2 aromatic carbocycles. The Hall–Kier alpha value is -2.84. The summed E-state index contributed by atoms with van der Waals surface area (Å²) in [6.45, 7) is 9.49. The molecule has 1 aliphatic rings. The molecule has 4 rings (SSSR count). The van der Waals surface area contributed by atoms with E-state index in [0.717, 1.165) is 35.2 Å². The number of piperidine rings is 1. The number of rotatable bonds is 7. The minimum atomic E-state index is -4.77. The molecule has 1 aromatic heterocycles. The van der Waals surface area contributed by atoms with Crippen LogP contribution in [-0.4, -0.2) is 40.0 Å². The monoisotopic (exact) mass is 554 g/mol. The van der Waals surface area contributed by atoms with Crippen LogP contribution < -0.4 is 4.74 Å². The van der Waals surface area contributed by atoms with Crippen molar-refractivity contribution in [1.29, 1.82) is 0 Å². The molecule has 5 nitrogen and oxygen atoms in total. The van der Waals surface area contributed by atoms with Gasteiger partial charge in [0, 0.05) is 52.9 Å². The third-order valence-corrected chi connectivity index (χ3v) is 7.64. The van der Waals surface area contributed by atoms with Crippen LogP contribution in [0.3, 0.4) is 0 Å². The molecule has 3 aromatic rings. The molecule has 0 aliphatic carbocycles. The SMILES string of the molecule is C=C(c1ccc(Cl)c(Cn2cc(C)c3cc(OC(F)(F)F)cc(C)c32)c1Cl)N1CCC(CC(=O)O)CC1. The highest BCUT2D eigenvalue weighted by Crippen LogP contribution is 2.37. The molecule has 0 bridgehead atoms. The van der Waals surface area contributed by atoms with Gasteiger partial charge in [-0.15, -0.1) is 13.2 Å². The topological polar surface area (TPSA) is 54.7 Å². The van der Waals surface area contributed by atoms with Crippen molar-refractivity contribution in [2.75, 3.05) is 13.1 Å². The third kappa shape index (κ3) is 6.02. The smallest absolute Gasteiger partial charge is 0.481 e. The largest absolute Gasteiger partial charge is 0.573 e. The molecule has 10 heteroatoms. The zero-order valence-corrected chi connectivity index (χ0v) is 22.0.